The largest absolute Gasteiger partial charge is 0.462 e. The zero-order valence-electron chi connectivity index (χ0n) is 9.91. The second kappa shape index (κ2) is 3.63. The smallest absolute Gasteiger partial charge is 0.330 e. The molecule has 3 nitrogen and oxygen atoms in total. The van der Waals surface area contributed by atoms with Crippen LogP contribution in [0.15, 0.2) is 12.7 Å². The van der Waals surface area contributed by atoms with Crippen LogP contribution in [-0.2, 0) is 9.53 Å². The minimum atomic E-state index is -0.400. The lowest BCUT2D eigenvalue weighted by molar-refractivity contribution is -0.227. The summed E-state index contributed by atoms with van der Waals surface area (Å²) < 4.78 is 5.05. The highest BCUT2D eigenvalue weighted by molar-refractivity contribution is 5.81. The van der Waals surface area contributed by atoms with E-state index < -0.39 is 5.97 Å². The molecule has 0 aliphatic heterocycles. The second-order valence-corrected chi connectivity index (χ2v) is 5.43. The average molecular weight is 212 g/mol. The minimum absolute atomic E-state index is 0.184. The van der Waals surface area contributed by atoms with Crippen LogP contribution >= 0.6 is 0 Å². The number of rotatable bonds is 3. The van der Waals surface area contributed by atoms with Crippen LogP contribution in [0.25, 0.3) is 0 Å². The van der Waals surface area contributed by atoms with Crippen molar-refractivity contribution >= 4 is 5.97 Å². The number of hydrogen-bond donors (Lipinski definition) is 1. The van der Waals surface area contributed by atoms with Crippen molar-refractivity contribution in [2.45, 2.75) is 33.8 Å². The first-order chi connectivity index (χ1) is 6.74. The van der Waals surface area contributed by atoms with Crippen LogP contribution in [-0.4, -0.2) is 23.8 Å². The summed E-state index contributed by atoms with van der Waals surface area (Å²) in [6, 6.07) is 0. The highest BCUT2D eigenvalue weighted by Crippen LogP contribution is 2.58. The first-order valence-electron chi connectivity index (χ1n) is 5.21. The van der Waals surface area contributed by atoms with Gasteiger partial charge in [-0.2, -0.15) is 0 Å². The number of hydrogen-bond acceptors (Lipinski definition) is 3. The van der Waals surface area contributed by atoms with Gasteiger partial charge in [0.25, 0.3) is 0 Å². The Bertz CT molecular complexity index is 263. The van der Waals surface area contributed by atoms with Crippen molar-refractivity contribution in [1.29, 1.82) is 0 Å². The highest BCUT2D eigenvalue weighted by atomic mass is 16.5. The number of carbonyl (C=O) groups excluding carboxylic acids is 1. The van der Waals surface area contributed by atoms with E-state index in [1.807, 2.05) is 27.7 Å². The molecule has 1 aliphatic rings. The molecule has 1 aliphatic carbocycles. The molecule has 1 saturated carbocycles. The van der Waals surface area contributed by atoms with E-state index in [1.165, 1.54) is 0 Å². The Hall–Kier alpha value is -0.830. The molecule has 0 spiro atoms. The van der Waals surface area contributed by atoms with E-state index in [4.69, 9.17) is 4.74 Å². The molecule has 0 heterocycles. The number of aliphatic hydroxyl groups excluding tert-OH is 1. The zero-order valence-corrected chi connectivity index (χ0v) is 9.91. The fraction of sp³-hybridized carbons (Fsp3) is 0.750. The van der Waals surface area contributed by atoms with Gasteiger partial charge in [0.15, 0.2) is 0 Å². The van der Waals surface area contributed by atoms with Gasteiger partial charge >= 0.3 is 5.97 Å². The van der Waals surface area contributed by atoms with E-state index >= 15 is 0 Å². The van der Waals surface area contributed by atoms with Crippen molar-refractivity contribution < 1.29 is 14.6 Å². The zero-order chi connectivity index (χ0) is 11.9. The lowest BCUT2D eigenvalue weighted by Crippen LogP contribution is -2.64. The van der Waals surface area contributed by atoms with Gasteiger partial charge < -0.3 is 9.84 Å². The summed E-state index contributed by atoms with van der Waals surface area (Å²) >= 11 is 0. The average Bonchev–Trinajstić information content (AvgIpc) is 2.15. The topological polar surface area (TPSA) is 46.5 Å². The Morgan fingerprint density at radius 3 is 2.27 bits per heavy atom. The lowest BCUT2D eigenvalue weighted by atomic mass is 9.46. The van der Waals surface area contributed by atoms with Gasteiger partial charge in [-0.25, -0.2) is 4.79 Å². The van der Waals surface area contributed by atoms with E-state index in [9.17, 15) is 9.90 Å². The van der Waals surface area contributed by atoms with Crippen LogP contribution in [0.1, 0.15) is 27.7 Å². The van der Waals surface area contributed by atoms with Crippen LogP contribution in [0.4, 0.5) is 0 Å². The summed E-state index contributed by atoms with van der Waals surface area (Å²) in [5, 5.41) is 9.94. The van der Waals surface area contributed by atoms with E-state index in [0.29, 0.717) is 6.61 Å². The summed E-state index contributed by atoms with van der Waals surface area (Å²) in [5.41, 5.74) is -0.379. The Morgan fingerprint density at radius 2 is 1.87 bits per heavy atom. The van der Waals surface area contributed by atoms with E-state index in [2.05, 4.69) is 6.58 Å². The van der Waals surface area contributed by atoms with Crippen molar-refractivity contribution in [3.63, 3.8) is 0 Å². The second-order valence-electron chi connectivity index (χ2n) is 5.43. The Kier molecular flexibility index (Phi) is 2.97. The third-order valence-corrected chi connectivity index (χ3v) is 3.76. The van der Waals surface area contributed by atoms with E-state index in [-0.39, 0.29) is 22.9 Å². The molecule has 0 amide bonds. The van der Waals surface area contributed by atoms with Gasteiger partial charge in [0.2, 0.25) is 0 Å². The van der Waals surface area contributed by atoms with Gasteiger partial charge in [-0.3, -0.25) is 0 Å². The molecule has 15 heavy (non-hydrogen) atoms. The molecular formula is C12H20O3. The molecule has 0 aromatic rings. The van der Waals surface area contributed by atoms with Gasteiger partial charge in [0, 0.05) is 12.0 Å². The third kappa shape index (κ3) is 1.81. The van der Waals surface area contributed by atoms with Crippen LogP contribution < -0.4 is 0 Å². The van der Waals surface area contributed by atoms with Crippen LogP contribution in [0.2, 0.25) is 0 Å². The monoisotopic (exact) mass is 212 g/mol. The van der Waals surface area contributed by atoms with Gasteiger partial charge in [-0.1, -0.05) is 34.3 Å². The first kappa shape index (κ1) is 12.2. The Balaban J connectivity index is 2.62. The van der Waals surface area contributed by atoms with Crippen molar-refractivity contribution in [2.75, 3.05) is 6.61 Å². The summed E-state index contributed by atoms with van der Waals surface area (Å²) in [5.74, 6) is -0.216. The van der Waals surface area contributed by atoms with Crippen LogP contribution in [0.3, 0.4) is 0 Å². The first-order valence-corrected chi connectivity index (χ1v) is 5.21. The minimum Gasteiger partial charge on any atom is -0.462 e. The maximum atomic E-state index is 11.0. The molecule has 0 bridgehead atoms. The third-order valence-electron chi connectivity index (χ3n) is 3.76. The molecule has 3 heteroatoms. The predicted octanol–water partition coefficient (Wildman–Crippen LogP) is 1.76. The van der Waals surface area contributed by atoms with Gasteiger partial charge in [-0.15, -0.1) is 0 Å². The SMILES string of the molecule is C=CC(=O)OCC1C(C)(C)C(O)C1(C)C. The molecule has 0 saturated heterocycles. The maximum Gasteiger partial charge on any atom is 0.330 e. The van der Waals surface area contributed by atoms with Crippen LogP contribution in [0, 0.1) is 16.7 Å². The molecule has 1 fully saturated rings. The van der Waals surface area contributed by atoms with Crippen molar-refractivity contribution in [2.24, 2.45) is 16.7 Å². The molecule has 86 valence electrons. The molecule has 0 radical (unpaired) electrons. The molecule has 1 N–H and O–H groups in total. The maximum absolute atomic E-state index is 11.0. The molecular weight excluding hydrogens is 192 g/mol. The number of carbonyl (C=O) groups is 1. The van der Waals surface area contributed by atoms with Gasteiger partial charge in [0.1, 0.15) is 0 Å². The number of esters is 1. The molecule has 0 aromatic heterocycles. The van der Waals surface area contributed by atoms with Crippen molar-refractivity contribution in [3.8, 4) is 0 Å². The van der Waals surface area contributed by atoms with Crippen LogP contribution in [0.5, 0.6) is 0 Å². The molecule has 0 aromatic carbocycles. The van der Waals surface area contributed by atoms with Crippen molar-refractivity contribution in [1.82, 2.24) is 0 Å². The van der Waals surface area contributed by atoms with Gasteiger partial charge in [0.05, 0.1) is 12.7 Å². The Labute approximate surface area is 91.1 Å². The number of ether oxygens (including phenoxy) is 1. The highest BCUT2D eigenvalue weighted by Gasteiger charge is 2.61. The quantitative estimate of drug-likeness (QED) is 0.572. The normalized spacial score (nSPS) is 31.5. The van der Waals surface area contributed by atoms with Crippen molar-refractivity contribution in [3.05, 3.63) is 12.7 Å². The fourth-order valence-electron chi connectivity index (χ4n) is 2.86. The predicted molar refractivity (Wildman–Crippen MR) is 58.2 cm³/mol. The summed E-state index contributed by atoms with van der Waals surface area (Å²) in [7, 11) is 0. The summed E-state index contributed by atoms with van der Waals surface area (Å²) in [6.07, 6.45) is 0.812. The molecule has 1 rings (SSSR count). The lowest BCUT2D eigenvalue weighted by Gasteiger charge is -2.61. The van der Waals surface area contributed by atoms with E-state index in [1.54, 1.807) is 0 Å². The fourth-order valence-corrected chi connectivity index (χ4v) is 2.86. The number of aliphatic hydroxyl groups is 1. The summed E-state index contributed by atoms with van der Waals surface area (Å²) in [6.45, 7) is 11.7. The van der Waals surface area contributed by atoms with E-state index in [0.717, 1.165) is 6.08 Å². The standard InChI is InChI=1S/C12H20O3/c1-6-9(13)15-7-8-11(2,3)10(14)12(8,4)5/h6,8,10,14H,1,7H2,2-5H3. The Morgan fingerprint density at radius 1 is 1.40 bits per heavy atom. The summed E-state index contributed by atoms with van der Waals surface area (Å²) in [4.78, 5) is 11.0. The van der Waals surface area contributed by atoms with Gasteiger partial charge in [-0.05, 0) is 10.8 Å². The molecule has 0 atom stereocenters. The molecule has 0 unspecified atom stereocenters.